The number of fused-ring (bicyclic) bond motifs is 1. The van der Waals surface area contributed by atoms with Crippen LogP contribution >= 0.6 is 0 Å². The quantitative estimate of drug-likeness (QED) is 0.789. The number of carbonyl (C=O) groups excluding carboxylic acids is 1. The van der Waals surface area contributed by atoms with Crippen molar-refractivity contribution < 1.29 is 9.53 Å². The number of ether oxygens (including phenoxy) is 1. The van der Waals surface area contributed by atoms with Crippen molar-refractivity contribution in [1.29, 1.82) is 0 Å². The first-order valence-corrected chi connectivity index (χ1v) is 6.61. The molecule has 2 heterocycles. The van der Waals surface area contributed by atoms with Crippen molar-refractivity contribution >= 4 is 5.78 Å². The second-order valence-electron chi connectivity index (χ2n) is 4.74. The van der Waals surface area contributed by atoms with Gasteiger partial charge in [-0.25, -0.2) is 0 Å². The van der Waals surface area contributed by atoms with Crippen molar-refractivity contribution in [1.82, 2.24) is 9.78 Å². The highest BCUT2D eigenvalue weighted by Crippen LogP contribution is 2.26. The Labute approximate surface area is 112 Å². The fraction of sp³-hybridized carbons (Fsp3) is 0.333. The zero-order valence-electron chi connectivity index (χ0n) is 10.9. The molecule has 0 radical (unpaired) electrons. The maximum Gasteiger partial charge on any atom is 0.196 e. The number of aryl methyl sites for hydroxylation is 1. The molecule has 19 heavy (non-hydrogen) atoms. The lowest BCUT2D eigenvalue weighted by Crippen LogP contribution is -2.01. The standard InChI is InChI=1S/C15H16N2O2/c1-2-6-17-10-13(9-16-17)15(18)12-3-4-14-11(8-12)5-7-19-14/h3-4,8-10H,2,5-7H2,1H3. The Hall–Kier alpha value is -2.10. The summed E-state index contributed by atoms with van der Waals surface area (Å²) in [7, 11) is 0. The molecule has 4 nitrogen and oxygen atoms in total. The van der Waals surface area contributed by atoms with Crippen molar-refractivity contribution in [3.8, 4) is 5.75 Å². The van der Waals surface area contributed by atoms with Crippen LogP contribution in [-0.4, -0.2) is 22.2 Å². The van der Waals surface area contributed by atoms with Crippen molar-refractivity contribution in [3.05, 3.63) is 47.3 Å². The second kappa shape index (κ2) is 4.88. The number of rotatable bonds is 4. The molecule has 0 fully saturated rings. The van der Waals surface area contributed by atoms with Crippen LogP contribution in [0.4, 0.5) is 0 Å². The van der Waals surface area contributed by atoms with E-state index in [1.807, 2.05) is 29.1 Å². The van der Waals surface area contributed by atoms with Crippen molar-refractivity contribution in [2.75, 3.05) is 6.61 Å². The summed E-state index contributed by atoms with van der Waals surface area (Å²) in [5.74, 6) is 0.926. The molecule has 1 aromatic heterocycles. The number of ketones is 1. The molecule has 1 aliphatic heterocycles. The highest BCUT2D eigenvalue weighted by Gasteiger charge is 2.17. The monoisotopic (exact) mass is 256 g/mol. The van der Waals surface area contributed by atoms with Crippen LogP contribution in [-0.2, 0) is 13.0 Å². The summed E-state index contributed by atoms with van der Waals surface area (Å²) >= 11 is 0. The Kier molecular flexibility index (Phi) is 3.07. The molecular formula is C15H16N2O2. The minimum atomic E-state index is 0.0250. The smallest absolute Gasteiger partial charge is 0.196 e. The Morgan fingerprint density at radius 2 is 2.32 bits per heavy atom. The molecule has 0 unspecified atom stereocenters. The van der Waals surface area contributed by atoms with Gasteiger partial charge in [0.2, 0.25) is 0 Å². The van der Waals surface area contributed by atoms with Gasteiger partial charge in [-0.2, -0.15) is 5.10 Å². The molecule has 0 saturated carbocycles. The van der Waals surface area contributed by atoms with Gasteiger partial charge in [0, 0.05) is 24.7 Å². The largest absolute Gasteiger partial charge is 0.493 e. The third kappa shape index (κ3) is 2.26. The number of hydrogen-bond donors (Lipinski definition) is 0. The molecule has 2 aromatic rings. The summed E-state index contributed by atoms with van der Waals surface area (Å²) in [6.45, 7) is 3.64. The first kappa shape index (κ1) is 12.0. The van der Waals surface area contributed by atoms with Crippen LogP contribution in [0.5, 0.6) is 5.75 Å². The van der Waals surface area contributed by atoms with Crippen LogP contribution in [0.3, 0.4) is 0 Å². The zero-order valence-corrected chi connectivity index (χ0v) is 10.9. The minimum Gasteiger partial charge on any atom is -0.493 e. The van der Waals surface area contributed by atoms with Crippen molar-refractivity contribution in [2.45, 2.75) is 26.3 Å². The third-order valence-electron chi connectivity index (χ3n) is 3.30. The summed E-state index contributed by atoms with van der Waals surface area (Å²) in [4.78, 5) is 12.4. The fourth-order valence-corrected chi connectivity index (χ4v) is 2.33. The molecule has 98 valence electrons. The number of nitrogens with zero attached hydrogens (tertiary/aromatic N) is 2. The summed E-state index contributed by atoms with van der Waals surface area (Å²) < 4.78 is 7.26. The Bertz CT molecular complexity index is 616. The molecule has 0 atom stereocenters. The van der Waals surface area contributed by atoms with Crippen LogP contribution in [0.15, 0.2) is 30.6 Å². The average Bonchev–Trinajstić information content (AvgIpc) is 3.05. The van der Waals surface area contributed by atoms with E-state index in [1.54, 1.807) is 6.20 Å². The van der Waals surface area contributed by atoms with Gasteiger partial charge in [0.1, 0.15) is 5.75 Å². The van der Waals surface area contributed by atoms with Gasteiger partial charge in [0.05, 0.1) is 18.4 Å². The van der Waals surface area contributed by atoms with Crippen LogP contribution < -0.4 is 4.74 Å². The summed E-state index contributed by atoms with van der Waals surface area (Å²) in [6.07, 6.45) is 5.34. The Balaban J connectivity index is 1.86. The topological polar surface area (TPSA) is 44.1 Å². The van der Waals surface area contributed by atoms with Gasteiger partial charge in [-0.05, 0) is 30.2 Å². The van der Waals surface area contributed by atoms with E-state index in [9.17, 15) is 4.79 Å². The van der Waals surface area contributed by atoms with Crippen molar-refractivity contribution in [3.63, 3.8) is 0 Å². The first-order valence-electron chi connectivity index (χ1n) is 6.61. The van der Waals surface area contributed by atoms with E-state index in [1.165, 1.54) is 0 Å². The van der Waals surface area contributed by atoms with E-state index < -0.39 is 0 Å². The van der Waals surface area contributed by atoms with Crippen LogP contribution in [0, 0.1) is 0 Å². The first-order chi connectivity index (χ1) is 9.28. The molecule has 1 aromatic carbocycles. The molecule has 0 spiro atoms. The van der Waals surface area contributed by atoms with E-state index >= 15 is 0 Å². The van der Waals surface area contributed by atoms with Gasteiger partial charge in [-0.3, -0.25) is 9.48 Å². The predicted octanol–water partition coefficient (Wildman–Crippen LogP) is 2.46. The third-order valence-corrected chi connectivity index (χ3v) is 3.30. The Morgan fingerprint density at radius 3 is 3.16 bits per heavy atom. The van der Waals surface area contributed by atoms with Crippen molar-refractivity contribution in [2.24, 2.45) is 0 Å². The van der Waals surface area contributed by atoms with Gasteiger partial charge in [0.15, 0.2) is 5.78 Å². The molecule has 4 heteroatoms. The number of benzene rings is 1. The predicted molar refractivity (Wildman–Crippen MR) is 71.6 cm³/mol. The fourth-order valence-electron chi connectivity index (χ4n) is 2.33. The normalized spacial score (nSPS) is 13.1. The van der Waals surface area contributed by atoms with Gasteiger partial charge in [-0.1, -0.05) is 6.92 Å². The Morgan fingerprint density at radius 1 is 1.42 bits per heavy atom. The van der Waals surface area contributed by atoms with E-state index in [0.29, 0.717) is 17.7 Å². The minimum absolute atomic E-state index is 0.0250. The lowest BCUT2D eigenvalue weighted by atomic mass is 10.0. The highest BCUT2D eigenvalue weighted by atomic mass is 16.5. The van der Waals surface area contributed by atoms with Gasteiger partial charge in [-0.15, -0.1) is 0 Å². The number of hydrogen-bond acceptors (Lipinski definition) is 3. The molecule has 0 amide bonds. The van der Waals surface area contributed by atoms with E-state index in [2.05, 4.69) is 12.0 Å². The molecule has 1 aliphatic rings. The molecule has 3 rings (SSSR count). The molecular weight excluding hydrogens is 240 g/mol. The van der Waals surface area contributed by atoms with E-state index in [-0.39, 0.29) is 5.78 Å². The lowest BCUT2D eigenvalue weighted by Gasteiger charge is -2.02. The zero-order chi connectivity index (χ0) is 13.2. The molecule has 0 N–H and O–H groups in total. The van der Waals surface area contributed by atoms with Crippen LogP contribution in [0.1, 0.15) is 34.8 Å². The van der Waals surface area contributed by atoms with Crippen LogP contribution in [0.25, 0.3) is 0 Å². The maximum atomic E-state index is 12.4. The summed E-state index contributed by atoms with van der Waals surface area (Å²) in [5, 5.41) is 4.20. The number of aromatic nitrogens is 2. The molecule has 0 aliphatic carbocycles. The summed E-state index contributed by atoms with van der Waals surface area (Å²) in [5.41, 5.74) is 2.47. The van der Waals surface area contributed by atoms with Gasteiger partial charge >= 0.3 is 0 Å². The SMILES string of the molecule is CCCn1cc(C(=O)c2ccc3c(c2)CCO3)cn1. The van der Waals surface area contributed by atoms with E-state index in [0.717, 1.165) is 30.7 Å². The lowest BCUT2D eigenvalue weighted by molar-refractivity contribution is 0.103. The highest BCUT2D eigenvalue weighted by molar-refractivity contribution is 6.08. The van der Waals surface area contributed by atoms with Gasteiger partial charge < -0.3 is 4.74 Å². The average molecular weight is 256 g/mol. The maximum absolute atomic E-state index is 12.4. The number of carbonyl (C=O) groups is 1. The second-order valence-corrected chi connectivity index (χ2v) is 4.74. The van der Waals surface area contributed by atoms with Crippen LogP contribution in [0.2, 0.25) is 0 Å². The van der Waals surface area contributed by atoms with E-state index in [4.69, 9.17) is 4.74 Å². The molecule has 0 bridgehead atoms. The van der Waals surface area contributed by atoms with Gasteiger partial charge in [0.25, 0.3) is 0 Å². The summed E-state index contributed by atoms with van der Waals surface area (Å²) in [6, 6.07) is 5.64. The molecule has 0 saturated heterocycles.